The van der Waals surface area contributed by atoms with Gasteiger partial charge in [0, 0.05) is 18.9 Å². The fraction of sp³-hybridized carbons (Fsp3) is 0.400. The Morgan fingerprint density at radius 3 is 2.12 bits per heavy atom. The molecule has 1 atom stereocenters. The third-order valence-corrected chi connectivity index (χ3v) is 5.69. The van der Waals surface area contributed by atoms with Crippen LogP contribution in [-0.4, -0.2) is 42.3 Å². The van der Waals surface area contributed by atoms with Gasteiger partial charge < -0.3 is 20.5 Å². The minimum Gasteiger partial charge on any atom is -0.480 e. The predicted molar refractivity (Wildman–Crippen MR) is 121 cm³/mol. The number of fused-ring (bicyclic) bond motifs is 3. The van der Waals surface area contributed by atoms with E-state index in [1.165, 1.54) is 11.1 Å². The van der Waals surface area contributed by atoms with Crippen LogP contribution in [0.15, 0.2) is 48.5 Å². The fourth-order valence-electron chi connectivity index (χ4n) is 4.01. The lowest BCUT2D eigenvalue weighted by Gasteiger charge is -2.17. The molecule has 0 saturated heterocycles. The van der Waals surface area contributed by atoms with Crippen LogP contribution in [0.4, 0.5) is 4.79 Å². The predicted octanol–water partition coefficient (Wildman–Crippen LogP) is 3.92. The van der Waals surface area contributed by atoms with Crippen LogP contribution in [0, 0.1) is 5.92 Å². The number of carboxylic acids is 1. The van der Waals surface area contributed by atoms with E-state index in [-0.39, 0.29) is 30.8 Å². The van der Waals surface area contributed by atoms with Gasteiger partial charge in [-0.15, -0.1) is 0 Å². The maximum Gasteiger partial charge on any atom is 0.407 e. The lowest BCUT2D eigenvalue weighted by Crippen LogP contribution is -2.44. The Morgan fingerprint density at radius 1 is 0.969 bits per heavy atom. The summed E-state index contributed by atoms with van der Waals surface area (Å²) in [4.78, 5) is 35.2. The number of amides is 2. The van der Waals surface area contributed by atoms with Crippen LogP contribution in [0.25, 0.3) is 11.1 Å². The van der Waals surface area contributed by atoms with E-state index in [0.717, 1.165) is 11.1 Å². The van der Waals surface area contributed by atoms with Crippen molar-refractivity contribution in [3.05, 3.63) is 59.7 Å². The zero-order valence-electron chi connectivity index (χ0n) is 18.5. The van der Waals surface area contributed by atoms with Crippen LogP contribution in [0.5, 0.6) is 0 Å². The first-order valence-electron chi connectivity index (χ1n) is 11.0. The Hall–Kier alpha value is -3.35. The van der Waals surface area contributed by atoms with Crippen LogP contribution < -0.4 is 10.6 Å². The summed E-state index contributed by atoms with van der Waals surface area (Å²) in [6.07, 6.45) is 0.863. The highest BCUT2D eigenvalue weighted by molar-refractivity contribution is 5.83. The van der Waals surface area contributed by atoms with E-state index in [0.29, 0.717) is 19.4 Å². The lowest BCUT2D eigenvalue weighted by molar-refractivity contribution is -0.143. The van der Waals surface area contributed by atoms with Crippen LogP contribution in [0.3, 0.4) is 0 Å². The van der Waals surface area contributed by atoms with Crippen LogP contribution in [-0.2, 0) is 14.3 Å². The minimum absolute atomic E-state index is 0.0139. The molecule has 3 N–H and O–H groups in total. The lowest BCUT2D eigenvalue weighted by atomic mass is 9.98. The van der Waals surface area contributed by atoms with Crippen LogP contribution in [0.1, 0.15) is 50.2 Å². The van der Waals surface area contributed by atoms with Crippen molar-refractivity contribution in [2.75, 3.05) is 13.2 Å². The molecule has 2 aromatic carbocycles. The molecule has 3 rings (SSSR count). The topological polar surface area (TPSA) is 105 Å². The fourth-order valence-corrected chi connectivity index (χ4v) is 4.01. The number of nitrogens with one attached hydrogen (secondary N) is 2. The highest BCUT2D eigenvalue weighted by Crippen LogP contribution is 2.44. The van der Waals surface area contributed by atoms with Crippen molar-refractivity contribution < 1.29 is 24.2 Å². The smallest absolute Gasteiger partial charge is 0.407 e. The first kappa shape index (κ1) is 23.3. The molecule has 7 nitrogen and oxygen atoms in total. The van der Waals surface area contributed by atoms with Crippen LogP contribution in [0.2, 0.25) is 0 Å². The average Bonchev–Trinajstić information content (AvgIpc) is 3.09. The molecule has 0 bridgehead atoms. The SMILES string of the molecule is CC(C)C(NC(=O)CCCCNC(=O)OCC1c2ccccc2-c2ccccc21)C(=O)O. The molecule has 0 aliphatic heterocycles. The Kier molecular flexibility index (Phi) is 7.87. The second-order valence-electron chi connectivity index (χ2n) is 8.34. The van der Waals surface area contributed by atoms with Crippen molar-refractivity contribution in [2.24, 2.45) is 5.92 Å². The van der Waals surface area contributed by atoms with Gasteiger partial charge >= 0.3 is 12.1 Å². The molecule has 2 aromatic rings. The number of alkyl carbamates (subject to hydrolysis) is 1. The van der Waals surface area contributed by atoms with Crippen molar-refractivity contribution in [2.45, 2.75) is 45.1 Å². The number of hydrogen-bond donors (Lipinski definition) is 3. The Labute approximate surface area is 188 Å². The average molecular weight is 439 g/mol. The van der Waals surface area contributed by atoms with Gasteiger partial charge in [0.2, 0.25) is 5.91 Å². The van der Waals surface area contributed by atoms with E-state index in [2.05, 4.69) is 34.9 Å². The van der Waals surface area contributed by atoms with Gasteiger partial charge in [0.1, 0.15) is 12.6 Å². The third-order valence-electron chi connectivity index (χ3n) is 5.69. The van der Waals surface area contributed by atoms with Crippen molar-refractivity contribution in [3.63, 3.8) is 0 Å². The van der Waals surface area contributed by atoms with Gasteiger partial charge in [0.15, 0.2) is 0 Å². The molecule has 0 fully saturated rings. The van der Waals surface area contributed by atoms with E-state index < -0.39 is 18.1 Å². The second-order valence-corrected chi connectivity index (χ2v) is 8.34. The first-order valence-corrected chi connectivity index (χ1v) is 11.0. The number of carboxylic acid groups (broad SMARTS) is 1. The number of unbranched alkanes of at least 4 members (excludes halogenated alkanes) is 1. The highest BCUT2D eigenvalue weighted by Gasteiger charge is 2.29. The number of carbonyl (C=O) groups excluding carboxylic acids is 2. The van der Waals surface area contributed by atoms with Gasteiger partial charge in [-0.05, 0) is 41.0 Å². The summed E-state index contributed by atoms with van der Waals surface area (Å²) in [5.41, 5.74) is 4.68. The van der Waals surface area contributed by atoms with Crippen molar-refractivity contribution in [1.82, 2.24) is 10.6 Å². The third kappa shape index (κ3) is 5.66. The van der Waals surface area contributed by atoms with Crippen molar-refractivity contribution >= 4 is 18.0 Å². The number of rotatable bonds is 10. The molecule has 1 unspecified atom stereocenters. The van der Waals surface area contributed by atoms with Crippen molar-refractivity contribution in [3.8, 4) is 11.1 Å². The maximum atomic E-state index is 12.1. The van der Waals surface area contributed by atoms with Gasteiger partial charge in [0.05, 0.1) is 0 Å². The summed E-state index contributed by atoms with van der Waals surface area (Å²) in [5.74, 6) is -1.51. The molecule has 0 aromatic heterocycles. The summed E-state index contributed by atoms with van der Waals surface area (Å²) in [5, 5.41) is 14.4. The van der Waals surface area contributed by atoms with Crippen molar-refractivity contribution in [1.29, 1.82) is 0 Å². The first-order chi connectivity index (χ1) is 15.4. The highest BCUT2D eigenvalue weighted by atomic mass is 16.5. The van der Waals surface area contributed by atoms with E-state index in [1.54, 1.807) is 13.8 Å². The number of carbonyl (C=O) groups is 3. The number of ether oxygens (including phenoxy) is 1. The maximum absolute atomic E-state index is 12.1. The molecular formula is C25H30N2O5. The molecule has 1 aliphatic carbocycles. The largest absolute Gasteiger partial charge is 0.480 e. The number of benzene rings is 2. The molecule has 32 heavy (non-hydrogen) atoms. The molecule has 0 saturated carbocycles. The zero-order valence-corrected chi connectivity index (χ0v) is 18.5. The Balaban J connectivity index is 1.38. The molecule has 0 heterocycles. The monoisotopic (exact) mass is 438 g/mol. The molecular weight excluding hydrogens is 408 g/mol. The Bertz CT molecular complexity index is 927. The van der Waals surface area contributed by atoms with Gasteiger partial charge in [-0.2, -0.15) is 0 Å². The second kappa shape index (κ2) is 10.8. The molecule has 0 spiro atoms. The zero-order chi connectivity index (χ0) is 23.1. The van der Waals surface area contributed by atoms with E-state index in [1.807, 2.05) is 24.3 Å². The summed E-state index contributed by atoms with van der Waals surface area (Å²) >= 11 is 0. The van der Waals surface area contributed by atoms with E-state index in [4.69, 9.17) is 9.84 Å². The number of hydrogen-bond acceptors (Lipinski definition) is 4. The molecule has 2 amide bonds. The van der Waals surface area contributed by atoms with E-state index >= 15 is 0 Å². The number of aliphatic carboxylic acids is 1. The van der Waals surface area contributed by atoms with Gasteiger partial charge in [-0.3, -0.25) is 4.79 Å². The minimum atomic E-state index is -1.04. The Morgan fingerprint density at radius 2 is 1.56 bits per heavy atom. The summed E-state index contributed by atoms with van der Waals surface area (Å²) in [7, 11) is 0. The van der Waals surface area contributed by atoms with Gasteiger partial charge in [0.25, 0.3) is 0 Å². The summed E-state index contributed by atoms with van der Waals surface area (Å²) < 4.78 is 5.48. The molecule has 170 valence electrons. The molecule has 7 heteroatoms. The van der Waals surface area contributed by atoms with Gasteiger partial charge in [-0.1, -0.05) is 62.4 Å². The van der Waals surface area contributed by atoms with Crippen LogP contribution >= 0.6 is 0 Å². The summed E-state index contributed by atoms with van der Waals surface area (Å²) in [6.45, 7) is 4.14. The van der Waals surface area contributed by atoms with E-state index in [9.17, 15) is 14.4 Å². The quantitative estimate of drug-likeness (QED) is 0.488. The van der Waals surface area contributed by atoms with Gasteiger partial charge in [-0.25, -0.2) is 9.59 Å². The molecule has 0 radical (unpaired) electrons. The normalized spacial score (nSPS) is 13.2. The standard InChI is InChI=1S/C25H30N2O5/c1-16(2)23(24(29)30)27-22(28)13-7-8-14-26-25(31)32-15-21-19-11-5-3-9-17(19)18-10-4-6-12-20(18)21/h3-6,9-12,16,21,23H,7-8,13-15H2,1-2H3,(H,26,31)(H,27,28)(H,29,30). The summed E-state index contributed by atoms with van der Waals surface area (Å²) in [6, 6.07) is 15.4. The molecule has 1 aliphatic rings.